The molecule has 0 heterocycles. The molecule has 13 heavy (non-hydrogen) atoms. The second-order valence-corrected chi connectivity index (χ2v) is 1.10. The van der Waals surface area contributed by atoms with E-state index in [-0.39, 0.29) is 16.5 Å². The van der Waals surface area contributed by atoms with Crippen molar-refractivity contribution in [1.82, 2.24) is 11.0 Å². The quantitative estimate of drug-likeness (QED) is 0.317. The molecule has 0 spiro atoms. The minimum absolute atomic E-state index is 0. The first-order chi connectivity index (χ1) is 5.83. The summed E-state index contributed by atoms with van der Waals surface area (Å²) < 4.78 is 0. The van der Waals surface area contributed by atoms with Gasteiger partial charge in [0, 0.05) is 28.9 Å². The fraction of sp³-hybridized carbons (Fsp3) is 0. The number of nitrogens with zero attached hydrogens (tertiary/aromatic N) is 2. The van der Waals surface area contributed by atoms with Crippen molar-refractivity contribution in [3.05, 3.63) is 34.6 Å². The van der Waals surface area contributed by atoms with E-state index in [9.17, 15) is 0 Å². The van der Waals surface area contributed by atoms with E-state index < -0.39 is 0 Å². The van der Waals surface area contributed by atoms with E-state index >= 15 is 0 Å². The Morgan fingerprint density at radius 2 is 1.23 bits per heavy atom. The summed E-state index contributed by atoms with van der Waals surface area (Å²) in [7, 11) is 0. The number of nitrogens with one attached hydrogen (secondary N) is 2. The fourth-order valence-electron chi connectivity index (χ4n) is 0.128. The van der Waals surface area contributed by atoms with Crippen molar-refractivity contribution in [2.45, 2.75) is 0 Å². The van der Waals surface area contributed by atoms with E-state index in [1.165, 1.54) is 0 Å². The third kappa shape index (κ3) is 36.7. The van der Waals surface area contributed by atoms with E-state index in [0.29, 0.717) is 0 Å². The van der Waals surface area contributed by atoms with Crippen molar-refractivity contribution >= 4 is 0 Å². The molecule has 0 aliphatic heterocycles. The molecule has 0 unspecified atom stereocenters. The summed E-state index contributed by atoms with van der Waals surface area (Å²) in [5.41, 5.74) is 3.19. The number of hydrogen-bond donors (Lipinski definition) is 4. The Bertz CT molecular complexity index is 144. The van der Waals surface area contributed by atoms with Crippen LogP contribution in [0.2, 0.25) is 0 Å². The summed E-state index contributed by atoms with van der Waals surface area (Å²) in [6.45, 7) is 0. The summed E-state index contributed by atoms with van der Waals surface area (Å²) in [5, 5.41) is 19.9. The first-order valence-electron chi connectivity index (χ1n) is 2.57. The molecule has 0 aromatic heterocycles. The zero-order valence-corrected chi connectivity index (χ0v) is 7.22. The normalized spacial score (nSPS) is 8.15. The summed E-state index contributed by atoms with van der Waals surface area (Å²) in [4.78, 5) is 18.2. The van der Waals surface area contributed by atoms with E-state index in [0.717, 1.165) is 24.8 Å². The monoisotopic (exact) mass is 234 g/mol. The van der Waals surface area contributed by atoms with Crippen LogP contribution in [0.3, 0.4) is 0 Å². The molecule has 0 saturated heterocycles. The summed E-state index contributed by atoms with van der Waals surface area (Å²) in [6, 6.07) is 0. The van der Waals surface area contributed by atoms with E-state index in [4.69, 9.17) is 20.2 Å². The zero-order chi connectivity index (χ0) is 9.66. The van der Waals surface area contributed by atoms with Gasteiger partial charge in [0.25, 0.3) is 0 Å². The maximum Gasteiger partial charge on any atom is 0.0895 e. The minimum Gasteiger partial charge on any atom is -0.292 e. The number of hydrogen-bond acceptors (Lipinski definition) is 8. The van der Waals surface area contributed by atoms with Crippen LogP contribution >= 0.6 is 0 Å². The van der Waals surface area contributed by atoms with Crippen molar-refractivity contribution in [2.24, 2.45) is 10.4 Å². The van der Waals surface area contributed by atoms with E-state index in [1.54, 1.807) is 11.0 Å². The van der Waals surface area contributed by atoms with Crippen LogP contribution < -0.4 is 11.0 Å². The summed E-state index contributed by atoms with van der Waals surface area (Å²) in [6.07, 6.45) is 3.79. The topological polar surface area (TPSA) is 123 Å². The molecule has 0 amide bonds. The van der Waals surface area contributed by atoms with Crippen LogP contribution in [0.1, 0.15) is 0 Å². The van der Waals surface area contributed by atoms with Gasteiger partial charge >= 0.3 is 0 Å². The molecule has 78 valence electrons. The Morgan fingerprint density at radius 1 is 0.923 bits per heavy atom. The molecular weight excluding hydrogens is 227 g/mol. The van der Waals surface area contributed by atoms with E-state index in [2.05, 4.69) is 10.4 Å². The van der Waals surface area contributed by atoms with Crippen molar-refractivity contribution in [3.8, 4) is 0 Å². The van der Waals surface area contributed by atoms with Gasteiger partial charge in [-0.1, -0.05) is 0 Å². The van der Waals surface area contributed by atoms with Crippen molar-refractivity contribution in [1.29, 1.82) is 0 Å². The Hall–Kier alpha value is -1.31. The van der Waals surface area contributed by atoms with Crippen LogP contribution in [0.25, 0.3) is 0 Å². The first-order valence-corrected chi connectivity index (χ1v) is 2.57. The average molecular weight is 235 g/mol. The zero-order valence-electron chi connectivity index (χ0n) is 6.23. The van der Waals surface area contributed by atoms with Gasteiger partial charge in [-0.15, -0.1) is 9.81 Å². The van der Waals surface area contributed by atoms with Crippen LogP contribution in [0.4, 0.5) is 0 Å². The third-order valence-electron chi connectivity index (χ3n) is 0.420. The molecule has 0 aromatic carbocycles. The summed E-state index contributed by atoms with van der Waals surface area (Å²) >= 11 is 0. The van der Waals surface area contributed by atoms with E-state index in [1.807, 2.05) is 0 Å². The molecule has 0 saturated carbocycles. The second-order valence-electron chi connectivity index (χ2n) is 1.10. The van der Waals surface area contributed by atoms with Gasteiger partial charge in [-0.25, -0.2) is 0 Å². The predicted octanol–water partition coefficient (Wildman–Crippen LogP) is 0.403. The molecule has 4 N–H and O–H groups in total. The Labute approximate surface area is 83.5 Å². The van der Waals surface area contributed by atoms with Crippen LogP contribution in [-0.4, -0.2) is 10.4 Å². The van der Waals surface area contributed by atoms with Gasteiger partial charge in [-0.3, -0.25) is 21.4 Å². The molecule has 0 bridgehead atoms. The van der Waals surface area contributed by atoms with Crippen molar-refractivity contribution < 1.29 is 26.9 Å². The van der Waals surface area contributed by atoms with Gasteiger partial charge in [-0.2, -0.15) is 0 Å². The van der Waals surface area contributed by atoms with Gasteiger partial charge < -0.3 is 0 Å². The van der Waals surface area contributed by atoms with Crippen molar-refractivity contribution in [2.75, 3.05) is 0 Å². The molecule has 0 fully saturated rings. The maximum absolute atomic E-state index is 9.08. The SMILES string of the molecule is O=NC=CNO.O=NC=CNO.[Ni]. The van der Waals surface area contributed by atoms with Crippen LogP contribution in [0, 0.1) is 9.81 Å². The van der Waals surface area contributed by atoms with Crippen molar-refractivity contribution in [3.63, 3.8) is 0 Å². The molecular formula is C4H8N4NiO4. The molecule has 9 heteroatoms. The standard InChI is InChI=1S/2C2H4N2O2.Ni/c2*5-3-1-2-4-6;/h2*1-3,5H;. The fourth-order valence-corrected chi connectivity index (χ4v) is 0.128. The minimum atomic E-state index is 0. The van der Waals surface area contributed by atoms with Crippen LogP contribution in [0.5, 0.6) is 0 Å². The largest absolute Gasteiger partial charge is 0.292 e. The molecule has 0 aliphatic carbocycles. The van der Waals surface area contributed by atoms with Gasteiger partial charge in [0.1, 0.15) is 0 Å². The number of nitroso groups, excluding NO2 is 2. The predicted molar refractivity (Wildman–Crippen MR) is 39.7 cm³/mol. The first kappa shape index (κ1) is 17.7. The number of hydroxylamine groups is 2. The van der Waals surface area contributed by atoms with Gasteiger partial charge in [0.15, 0.2) is 0 Å². The molecule has 0 atom stereocenters. The third-order valence-corrected chi connectivity index (χ3v) is 0.420. The van der Waals surface area contributed by atoms with Gasteiger partial charge in [-0.05, 0) is 10.4 Å². The second kappa shape index (κ2) is 22.4. The van der Waals surface area contributed by atoms with Gasteiger partial charge in [0.2, 0.25) is 0 Å². The number of rotatable bonds is 4. The molecule has 0 aliphatic rings. The molecule has 8 nitrogen and oxygen atoms in total. The Morgan fingerprint density at radius 3 is 1.31 bits per heavy atom. The summed E-state index contributed by atoms with van der Waals surface area (Å²) in [5.74, 6) is 0. The van der Waals surface area contributed by atoms with Crippen LogP contribution in [-0.2, 0) is 16.5 Å². The molecule has 0 rings (SSSR count). The molecule has 0 aromatic rings. The average Bonchev–Trinajstić information content (AvgIpc) is 2.12. The van der Waals surface area contributed by atoms with Gasteiger partial charge in [0.05, 0.1) is 12.4 Å². The Kier molecular flexibility index (Phi) is 30.5. The van der Waals surface area contributed by atoms with Crippen LogP contribution in [0.15, 0.2) is 35.2 Å². The Balaban J connectivity index is -0.000000143. The smallest absolute Gasteiger partial charge is 0.0895 e. The maximum atomic E-state index is 9.08. The molecule has 0 radical (unpaired) electrons.